The summed E-state index contributed by atoms with van der Waals surface area (Å²) in [6, 6.07) is 2.46. The average molecular weight is 503 g/mol. The number of nitro benzene ring substituents is 1. The molecule has 2 saturated heterocycles. The maximum absolute atomic E-state index is 13.9. The summed E-state index contributed by atoms with van der Waals surface area (Å²) in [5, 5.41) is 13.7. The molecule has 3 rings (SSSR count). The van der Waals surface area contributed by atoms with Gasteiger partial charge in [-0.15, -0.1) is 0 Å². The smallest absolute Gasteiger partial charge is 0.269 e. The maximum Gasteiger partial charge on any atom is 0.269 e. The molecule has 0 radical (unpaired) electrons. The van der Waals surface area contributed by atoms with E-state index in [-0.39, 0.29) is 48.5 Å². The van der Waals surface area contributed by atoms with Gasteiger partial charge in [-0.2, -0.15) is 0 Å². The topological polar surface area (TPSA) is 220 Å². The van der Waals surface area contributed by atoms with E-state index in [4.69, 9.17) is 17.2 Å². The second kappa shape index (κ2) is 11.5. The minimum atomic E-state index is -1.11. The third-order valence-electron chi connectivity index (χ3n) is 6.26. The molecule has 0 unspecified atom stereocenters. The molecular formula is C22H30N8O6. The molecule has 0 bridgehead atoms. The quantitative estimate of drug-likeness (QED) is 0.103. The summed E-state index contributed by atoms with van der Waals surface area (Å²) in [5.74, 6) is -2.02. The van der Waals surface area contributed by atoms with Crippen LogP contribution in [0.5, 0.6) is 0 Å². The van der Waals surface area contributed by atoms with E-state index >= 15 is 0 Å². The zero-order valence-electron chi connectivity index (χ0n) is 19.7. The number of amides is 4. The van der Waals surface area contributed by atoms with Crippen molar-refractivity contribution in [3.05, 3.63) is 34.4 Å². The molecule has 2 fully saturated rings. The Morgan fingerprint density at radius 1 is 1.19 bits per heavy atom. The summed E-state index contributed by atoms with van der Waals surface area (Å²) in [6.45, 7) is 0.519. The molecule has 36 heavy (non-hydrogen) atoms. The standard InChI is InChI=1S/C22H30N8O6/c23-19(32)16(3-1-11-26-22(24)25)29(13-5-7-14(8-6-13)30(35)36)21(34)17-4-2-12-28(17)20(33)15-9-10-18(31)27-15/h5-8,15-17H,1-4,9-12H2,(H2,23,32)(H,27,31)(H4,24,25,26)/t15-,16-,17-/m0/s1. The van der Waals surface area contributed by atoms with Crippen LogP contribution in [0.1, 0.15) is 38.5 Å². The number of benzene rings is 1. The van der Waals surface area contributed by atoms with Gasteiger partial charge in [-0.25, -0.2) is 0 Å². The van der Waals surface area contributed by atoms with Crippen molar-refractivity contribution < 1.29 is 24.1 Å². The molecule has 0 aliphatic carbocycles. The number of rotatable bonds is 10. The molecule has 0 aromatic heterocycles. The van der Waals surface area contributed by atoms with Crippen molar-refractivity contribution in [2.45, 2.75) is 56.7 Å². The number of non-ortho nitro benzene ring substituents is 1. The largest absolute Gasteiger partial charge is 0.370 e. The van der Waals surface area contributed by atoms with Gasteiger partial charge in [0.05, 0.1) is 4.92 Å². The second-order valence-electron chi connectivity index (χ2n) is 8.70. The molecule has 2 aliphatic heterocycles. The molecule has 1 aromatic rings. The molecule has 7 N–H and O–H groups in total. The van der Waals surface area contributed by atoms with E-state index in [0.717, 1.165) is 0 Å². The van der Waals surface area contributed by atoms with Gasteiger partial charge in [0.1, 0.15) is 18.1 Å². The first kappa shape index (κ1) is 26.4. The van der Waals surface area contributed by atoms with Gasteiger partial charge in [-0.05, 0) is 44.2 Å². The number of primary amides is 1. The molecular weight excluding hydrogens is 472 g/mol. The predicted molar refractivity (Wildman–Crippen MR) is 129 cm³/mol. The fraction of sp³-hybridized carbons (Fsp3) is 0.500. The molecule has 0 spiro atoms. The summed E-state index contributed by atoms with van der Waals surface area (Å²) < 4.78 is 0. The summed E-state index contributed by atoms with van der Waals surface area (Å²) >= 11 is 0. The van der Waals surface area contributed by atoms with Gasteiger partial charge in [0.15, 0.2) is 5.96 Å². The third-order valence-corrected chi connectivity index (χ3v) is 6.26. The number of anilines is 1. The lowest BCUT2D eigenvalue weighted by molar-refractivity contribution is -0.384. The van der Waals surface area contributed by atoms with Crippen molar-refractivity contribution in [2.24, 2.45) is 22.2 Å². The van der Waals surface area contributed by atoms with E-state index in [1.54, 1.807) is 0 Å². The summed E-state index contributed by atoms with van der Waals surface area (Å²) in [4.78, 5) is 68.1. The molecule has 0 saturated carbocycles. The third kappa shape index (κ3) is 6.06. The van der Waals surface area contributed by atoms with Crippen LogP contribution in [0.25, 0.3) is 0 Å². The van der Waals surface area contributed by atoms with Gasteiger partial charge in [0, 0.05) is 37.3 Å². The minimum Gasteiger partial charge on any atom is -0.370 e. The van der Waals surface area contributed by atoms with Crippen molar-refractivity contribution in [3.63, 3.8) is 0 Å². The Kier molecular flexibility index (Phi) is 8.40. The second-order valence-corrected chi connectivity index (χ2v) is 8.70. The van der Waals surface area contributed by atoms with Crippen molar-refractivity contribution in [1.82, 2.24) is 10.2 Å². The number of likely N-dealkylation sites (tertiary alicyclic amines) is 1. The minimum absolute atomic E-state index is 0.118. The van der Waals surface area contributed by atoms with Gasteiger partial charge < -0.3 is 27.4 Å². The molecule has 14 nitrogen and oxygen atoms in total. The summed E-state index contributed by atoms with van der Waals surface area (Å²) in [6.07, 6.45) is 1.93. The van der Waals surface area contributed by atoms with Crippen molar-refractivity contribution in [1.29, 1.82) is 0 Å². The summed E-state index contributed by atoms with van der Waals surface area (Å²) in [7, 11) is 0. The van der Waals surface area contributed by atoms with Crippen LogP contribution >= 0.6 is 0 Å². The Morgan fingerprint density at radius 3 is 2.44 bits per heavy atom. The molecule has 1 aromatic carbocycles. The Balaban J connectivity index is 1.92. The Morgan fingerprint density at radius 2 is 1.89 bits per heavy atom. The fourth-order valence-electron chi connectivity index (χ4n) is 4.53. The zero-order chi connectivity index (χ0) is 26.4. The van der Waals surface area contributed by atoms with Crippen LogP contribution in [0.2, 0.25) is 0 Å². The number of carbonyl (C=O) groups is 4. The highest BCUT2D eigenvalue weighted by Crippen LogP contribution is 2.29. The first-order valence-corrected chi connectivity index (χ1v) is 11.6. The average Bonchev–Trinajstić information content (AvgIpc) is 3.49. The Bertz CT molecular complexity index is 1060. The number of hydrogen-bond acceptors (Lipinski definition) is 7. The van der Waals surface area contributed by atoms with Crippen LogP contribution < -0.4 is 27.4 Å². The van der Waals surface area contributed by atoms with Crippen LogP contribution in [0.4, 0.5) is 11.4 Å². The van der Waals surface area contributed by atoms with E-state index in [1.165, 1.54) is 34.1 Å². The van der Waals surface area contributed by atoms with Gasteiger partial charge in [0.2, 0.25) is 17.7 Å². The number of guanidine groups is 1. The molecule has 194 valence electrons. The van der Waals surface area contributed by atoms with E-state index in [2.05, 4.69) is 10.3 Å². The van der Waals surface area contributed by atoms with Crippen LogP contribution in [-0.4, -0.2) is 70.6 Å². The van der Waals surface area contributed by atoms with Crippen molar-refractivity contribution >= 4 is 41.0 Å². The summed E-state index contributed by atoms with van der Waals surface area (Å²) in [5.41, 5.74) is 16.4. The number of nitrogens with two attached hydrogens (primary N) is 3. The van der Waals surface area contributed by atoms with Gasteiger partial charge in [-0.3, -0.25) is 39.2 Å². The Hall–Kier alpha value is -4.23. The normalized spacial score (nSPS) is 19.9. The number of hydrogen-bond donors (Lipinski definition) is 4. The van der Waals surface area contributed by atoms with E-state index in [0.29, 0.717) is 32.2 Å². The van der Waals surface area contributed by atoms with Gasteiger partial charge in [-0.1, -0.05) is 0 Å². The van der Waals surface area contributed by atoms with E-state index in [1.807, 2.05) is 0 Å². The SMILES string of the molecule is NC(=O)[C@H](CCCN=C(N)N)N(C(=O)[C@@H]1CCCN1C(=O)[C@@H]1CCC(=O)N1)c1ccc([N+](=O)[O-])cc1. The maximum atomic E-state index is 13.9. The number of carbonyl (C=O) groups excluding carboxylic acids is 4. The molecule has 2 aliphatic rings. The molecule has 4 amide bonds. The first-order valence-electron chi connectivity index (χ1n) is 11.6. The molecule has 2 heterocycles. The van der Waals surface area contributed by atoms with Crippen molar-refractivity contribution in [3.8, 4) is 0 Å². The highest BCUT2D eigenvalue weighted by Gasteiger charge is 2.43. The van der Waals surface area contributed by atoms with Gasteiger partial charge >= 0.3 is 0 Å². The molecule has 14 heteroatoms. The lowest BCUT2D eigenvalue weighted by Crippen LogP contribution is -2.56. The number of aliphatic imine (C=N–C) groups is 1. The van der Waals surface area contributed by atoms with Crippen LogP contribution in [0.3, 0.4) is 0 Å². The lowest BCUT2D eigenvalue weighted by atomic mass is 10.0. The van der Waals surface area contributed by atoms with E-state index in [9.17, 15) is 29.3 Å². The number of nitrogens with zero attached hydrogens (tertiary/aromatic N) is 4. The predicted octanol–water partition coefficient (Wildman–Crippen LogP) is -0.895. The number of nitro groups is 1. The highest BCUT2D eigenvalue weighted by molar-refractivity contribution is 6.05. The number of nitrogens with one attached hydrogen (secondary N) is 1. The zero-order valence-corrected chi connectivity index (χ0v) is 19.7. The molecule has 3 atom stereocenters. The lowest BCUT2D eigenvalue weighted by Gasteiger charge is -2.35. The van der Waals surface area contributed by atoms with E-state index < -0.39 is 34.9 Å². The fourth-order valence-corrected chi connectivity index (χ4v) is 4.53. The van der Waals surface area contributed by atoms with Gasteiger partial charge in [0.25, 0.3) is 11.6 Å². The Labute approximate surface area is 207 Å². The van der Waals surface area contributed by atoms with Crippen LogP contribution in [0.15, 0.2) is 29.3 Å². The van der Waals surface area contributed by atoms with Crippen molar-refractivity contribution in [2.75, 3.05) is 18.0 Å². The van der Waals surface area contributed by atoms with Crippen LogP contribution in [0, 0.1) is 10.1 Å². The highest BCUT2D eigenvalue weighted by atomic mass is 16.6. The van der Waals surface area contributed by atoms with Crippen LogP contribution in [-0.2, 0) is 19.2 Å². The first-order chi connectivity index (χ1) is 17.1. The monoisotopic (exact) mass is 502 g/mol.